The highest BCUT2D eigenvalue weighted by molar-refractivity contribution is 5.89. The number of nitrogens with zero attached hydrogens (tertiary/aromatic N) is 4. The molecule has 1 aliphatic rings. The molecule has 28 heavy (non-hydrogen) atoms. The van der Waals surface area contributed by atoms with Crippen molar-refractivity contribution in [1.82, 2.24) is 19.7 Å². The van der Waals surface area contributed by atoms with Crippen LogP contribution < -0.4 is 10.1 Å². The Morgan fingerprint density at radius 1 is 1.21 bits per heavy atom. The van der Waals surface area contributed by atoms with Crippen molar-refractivity contribution >= 4 is 11.7 Å². The second-order valence-electron chi connectivity index (χ2n) is 6.87. The number of benzene rings is 1. The molecule has 4 rings (SSSR count). The third kappa shape index (κ3) is 4.14. The highest BCUT2D eigenvalue weighted by Crippen LogP contribution is 2.20. The minimum Gasteiger partial charge on any atom is -0.489 e. The summed E-state index contributed by atoms with van der Waals surface area (Å²) in [5.41, 5.74) is 4.09. The number of ether oxygens (including phenoxy) is 1. The monoisotopic (exact) mass is 377 g/mol. The van der Waals surface area contributed by atoms with E-state index in [9.17, 15) is 4.79 Å². The lowest BCUT2D eigenvalue weighted by Crippen LogP contribution is -2.34. The van der Waals surface area contributed by atoms with Gasteiger partial charge in [0.15, 0.2) is 0 Å². The van der Waals surface area contributed by atoms with Gasteiger partial charge in [0.1, 0.15) is 12.4 Å². The van der Waals surface area contributed by atoms with Crippen molar-refractivity contribution < 1.29 is 9.53 Å². The summed E-state index contributed by atoms with van der Waals surface area (Å²) in [7, 11) is 1.95. The topological polar surface area (TPSA) is 72.3 Å². The van der Waals surface area contributed by atoms with Crippen LogP contribution in [0.15, 0.2) is 55.0 Å². The lowest BCUT2D eigenvalue weighted by Gasteiger charge is -2.21. The van der Waals surface area contributed by atoms with Gasteiger partial charge in [-0.1, -0.05) is 6.07 Å². The number of carbonyl (C=O) groups is 1. The molecule has 0 fully saturated rings. The minimum absolute atomic E-state index is 0.0965. The van der Waals surface area contributed by atoms with Crippen molar-refractivity contribution in [2.45, 2.75) is 26.0 Å². The molecule has 3 heterocycles. The summed E-state index contributed by atoms with van der Waals surface area (Å²) >= 11 is 0. The van der Waals surface area contributed by atoms with Crippen LogP contribution >= 0.6 is 0 Å². The number of hydrogen-bond donors (Lipinski definition) is 1. The summed E-state index contributed by atoms with van der Waals surface area (Å²) in [4.78, 5) is 18.6. The third-order valence-corrected chi connectivity index (χ3v) is 4.87. The van der Waals surface area contributed by atoms with E-state index in [4.69, 9.17) is 4.74 Å². The zero-order chi connectivity index (χ0) is 19.3. The molecule has 0 atom stereocenters. The van der Waals surface area contributed by atoms with Crippen LogP contribution in [0.3, 0.4) is 0 Å². The fourth-order valence-corrected chi connectivity index (χ4v) is 3.35. The van der Waals surface area contributed by atoms with E-state index >= 15 is 0 Å². The lowest BCUT2D eigenvalue weighted by molar-refractivity contribution is 0.210. The highest BCUT2D eigenvalue weighted by Gasteiger charge is 2.21. The molecule has 0 bridgehead atoms. The second-order valence-corrected chi connectivity index (χ2v) is 6.87. The Kier molecular flexibility index (Phi) is 5.23. The van der Waals surface area contributed by atoms with E-state index in [-0.39, 0.29) is 6.03 Å². The fraction of sp³-hybridized carbons (Fsp3) is 0.286. The average Bonchev–Trinajstić information content (AvgIpc) is 2.93. The summed E-state index contributed by atoms with van der Waals surface area (Å²) in [6, 6.07) is 11.2. The first-order chi connectivity index (χ1) is 13.7. The molecule has 1 N–H and O–H groups in total. The zero-order valence-electron chi connectivity index (χ0n) is 15.8. The van der Waals surface area contributed by atoms with Crippen molar-refractivity contribution in [3.63, 3.8) is 0 Å². The van der Waals surface area contributed by atoms with Crippen molar-refractivity contribution in [1.29, 1.82) is 0 Å². The molecular formula is C21H23N5O2. The zero-order valence-corrected chi connectivity index (χ0v) is 15.8. The quantitative estimate of drug-likeness (QED) is 0.757. The number of fused-ring (bicyclic) bond motifs is 1. The largest absolute Gasteiger partial charge is 0.489 e. The number of anilines is 1. The SMILES string of the molecule is Cn1ncc2c1CCCN(C(=O)Nc1ccc(OCc3cccnc3)cc1)C2. The van der Waals surface area contributed by atoms with Gasteiger partial charge in [0.25, 0.3) is 0 Å². The summed E-state index contributed by atoms with van der Waals surface area (Å²) in [5.74, 6) is 0.747. The standard InChI is InChI=1S/C21H23N5O2/c1-25-20-5-3-11-26(14-17(20)13-23-25)21(27)24-18-6-8-19(9-7-18)28-15-16-4-2-10-22-12-16/h2,4,6-10,12-13H,3,5,11,14-15H2,1H3,(H,24,27). The molecule has 1 aromatic carbocycles. The Morgan fingerprint density at radius 2 is 2.07 bits per heavy atom. The summed E-state index contributed by atoms with van der Waals surface area (Å²) < 4.78 is 7.66. The van der Waals surface area contributed by atoms with Gasteiger partial charge >= 0.3 is 6.03 Å². The van der Waals surface area contributed by atoms with Crippen LogP contribution in [0.1, 0.15) is 23.2 Å². The number of urea groups is 1. The number of aromatic nitrogens is 3. The van der Waals surface area contributed by atoms with Gasteiger partial charge in [-0.25, -0.2) is 4.79 Å². The number of amides is 2. The first-order valence-corrected chi connectivity index (χ1v) is 9.36. The van der Waals surface area contributed by atoms with Gasteiger partial charge in [0, 0.05) is 48.5 Å². The Morgan fingerprint density at radius 3 is 2.86 bits per heavy atom. The molecule has 0 aliphatic carbocycles. The predicted octanol–water partition coefficient (Wildman–Crippen LogP) is 3.37. The summed E-state index contributed by atoms with van der Waals surface area (Å²) in [6.45, 7) is 1.77. The van der Waals surface area contributed by atoms with Crippen molar-refractivity contribution in [2.75, 3.05) is 11.9 Å². The summed E-state index contributed by atoms with van der Waals surface area (Å²) in [6.07, 6.45) is 7.25. The molecule has 2 aromatic heterocycles. The Hall–Kier alpha value is -3.35. The number of carbonyl (C=O) groups excluding carboxylic acids is 1. The number of aryl methyl sites for hydroxylation is 1. The van der Waals surface area contributed by atoms with Crippen LogP contribution in [0.2, 0.25) is 0 Å². The first-order valence-electron chi connectivity index (χ1n) is 9.36. The van der Waals surface area contributed by atoms with Gasteiger partial charge in [-0.2, -0.15) is 5.10 Å². The Balaban J connectivity index is 1.34. The van der Waals surface area contributed by atoms with Crippen molar-refractivity contribution in [3.8, 4) is 5.75 Å². The molecule has 0 saturated heterocycles. The van der Waals surface area contributed by atoms with Gasteiger partial charge < -0.3 is 15.0 Å². The maximum Gasteiger partial charge on any atom is 0.322 e. The molecule has 2 amide bonds. The van der Waals surface area contributed by atoms with Gasteiger partial charge in [0.05, 0.1) is 12.7 Å². The van der Waals surface area contributed by atoms with E-state index in [0.29, 0.717) is 13.2 Å². The molecule has 0 unspecified atom stereocenters. The van der Waals surface area contributed by atoms with Crippen molar-refractivity contribution in [2.24, 2.45) is 7.05 Å². The highest BCUT2D eigenvalue weighted by atomic mass is 16.5. The molecule has 0 saturated carbocycles. The minimum atomic E-state index is -0.0965. The number of rotatable bonds is 4. The van der Waals surface area contributed by atoms with Crippen LogP contribution in [0.5, 0.6) is 5.75 Å². The third-order valence-electron chi connectivity index (χ3n) is 4.87. The number of nitrogens with one attached hydrogen (secondary N) is 1. The Bertz CT molecular complexity index is 937. The van der Waals surface area contributed by atoms with Crippen LogP contribution in [0.25, 0.3) is 0 Å². The number of hydrogen-bond acceptors (Lipinski definition) is 4. The van der Waals surface area contributed by atoms with E-state index in [2.05, 4.69) is 15.4 Å². The lowest BCUT2D eigenvalue weighted by atomic mass is 10.2. The van der Waals surface area contributed by atoms with Crippen molar-refractivity contribution in [3.05, 3.63) is 71.8 Å². The van der Waals surface area contributed by atoms with Crippen LogP contribution in [-0.2, 0) is 26.6 Å². The fourth-order valence-electron chi connectivity index (χ4n) is 3.35. The molecule has 3 aromatic rings. The normalized spacial score (nSPS) is 13.5. The summed E-state index contributed by atoms with van der Waals surface area (Å²) in [5, 5.41) is 7.28. The molecule has 7 heteroatoms. The molecule has 0 spiro atoms. The van der Waals surface area contributed by atoms with Crippen LogP contribution in [0, 0.1) is 0 Å². The van der Waals surface area contributed by atoms with E-state index in [1.807, 2.05) is 59.2 Å². The second kappa shape index (κ2) is 8.12. The van der Waals surface area contributed by atoms with Gasteiger partial charge in [0.2, 0.25) is 0 Å². The van der Waals surface area contributed by atoms with Gasteiger partial charge in [-0.05, 0) is 43.2 Å². The maximum absolute atomic E-state index is 12.7. The first kappa shape index (κ1) is 18.0. The van der Waals surface area contributed by atoms with E-state index in [1.165, 1.54) is 5.69 Å². The van der Waals surface area contributed by atoms with E-state index in [1.54, 1.807) is 12.4 Å². The molecular weight excluding hydrogens is 354 g/mol. The van der Waals surface area contributed by atoms with Gasteiger partial charge in [-0.3, -0.25) is 9.67 Å². The Labute approximate surface area is 164 Å². The molecule has 7 nitrogen and oxygen atoms in total. The van der Waals surface area contributed by atoms with Crippen LogP contribution in [-0.4, -0.2) is 32.2 Å². The molecule has 1 aliphatic heterocycles. The van der Waals surface area contributed by atoms with E-state index < -0.39 is 0 Å². The average molecular weight is 377 g/mol. The van der Waals surface area contributed by atoms with Crippen LogP contribution in [0.4, 0.5) is 10.5 Å². The predicted molar refractivity (Wildman–Crippen MR) is 106 cm³/mol. The maximum atomic E-state index is 12.7. The van der Waals surface area contributed by atoms with Gasteiger partial charge in [-0.15, -0.1) is 0 Å². The number of pyridine rings is 1. The van der Waals surface area contributed by atoms with E-state index in [0.717, 1.165) is 42.0 Å². The molecule has 144 valence electrons. The smallest absolute Gasteiger partial charge is 0.322 e. The molecule has 0 radical (unpaired) electrons.